The molecule has 0 saturated heterocycles. The second-order valence-electron chi connectivity index (χ2n) is 5.95. The Morgan fingerprint density at radius 2 is 1.65 bits per heavy atom. The highest BCUT2D eigenvalue weighted by molar-refractivity contribution is 7.84. The van der Waals surface area contributed by atoms with E-state index in [1.165, 1.54) is 17.0 Å². The summed E-state index contributed by atoms with van der Waals surface area (Å²) in [4.78, 5) is 36.7. The van der Waals surface area contributed by atoms with Crippen LogP contribution in [0.15, 0.2) is 48.5 Å². The Morgan fingerprint density at radius 1 is 1.00 bits per heavy atom. The van der Waals surface area contributed by atoms with E-state index in [-0.39, 0.29) is 29.7 Å². The molecule has 1 aliphatic heterocycles. The molecule has 0 saturated carbocycles. The van der Waals surface area contributed by atoms with Crippen molar-refractivity contribution >= 4 is 28.6 Å². The molecule has 7 heteroatoms. The van der Waals surface area contributed by atoms with Crippen LogP contribution in [0.5, 0.6) is 0 Å². The molecule has 1 unspecified atom stereocenters. The van der Waals surface area contributed by atoms with Gasteiger partial charge >= 0.3 is 5.97 Å². The number of carboxylic acid groups (broad SMARTS) is 1. The maximum absolute atomic E-state index is 12.2. The van der Waals surface area contributed by atoms with Gasteiger partial charge in [-0.15, -0.1) is 0 Å². The molecule has 0 aliphatic carbocycles. The molecular formula is C19H17NO5S. The fourth-order valence-electron chi connectivity index (χ4n) is 2.88. The Hall–Kier alpha value is -2.80. The summed E-state index contributed by atoms with van der Waals surface area (Å²) in [7, 11) is -1.21. The number of carbonyl (C=O) groups excluding carboxylic acids is 2. The minimum Gasteiger partial charge on any atom is -0.478 e. The van der Waals surface area contributed by atoms with E-state index in [1.807, 2.05) is 0 Å². The van der Waals surface area contributed by atoms with Crippen LogP contribution in [0.3, 0.4) is 0 Å². The number of rotatable bonds is 7. The highest BCUT2D eigenvalue weighted by Gasteiger charge is 2.34. The molecule has 0 radical (unpaired) electrons. The number of nitrogens with zero attached hydrogens (tertiary/aromatic N) is 1. The first kappa shape index (κ1) is 18.0. The van der Waals surface area contributed by atoms with E-state index >= 15 is 0 Å². The molecule has 134 valence electrons. The maximum Gasteiger partial charge on any atom is 0.335 e. The summed E-state index contributed by atoms with van der Waals surface area (Å²) < 4.78 is 12.2. The van der Waals surface area contributed by atoms with Crippen LogP contribution in [0.1, 0.15) is 43.1 Å². The molecule has 0 aromatic heterocycles. The Labute approximate surface area is 152 Å². The van der Waals surface area contributed by atoms with E-state index in [9.17, 15) is 18.6 Å². The zero-order valence-corrected chi connectivity index (χ0v) is 14.7. The monoisotopic (exact) mass is 371 g/mol. The first-order chi connectivity index (χ1) is 12.5. The zero-order valence-electron chi connectivity index (χ0n) is 13.9. The quantitative estimate of drug-likeness (QED) is 0.754. The molecule has 6 nitrogen and oxygen atoms in total. The smallest absolute Gasteiger partial charge is 0.335 e. The zero-order chi connectivity index (χ0) is 18.7. The van der Waals surface area contributed by atoms with Gasteiger partial charge in [-0.1, -0.05) is 24.3 Å². The molecular weight excluding hydrogens is 354 g/mol. The Balaban J connectivity index is 1.53. The number of carboxylic acids is 1. The normalized spacial score (nSPS) is 14.4. The SMILES string of the molecule is O=C(O)c1cccc(CS(=O)CCCN2C(=O)c3ccccc3C2=O)c1. The molecule has 26 heavy (non-hydrogen) atoms. The molecule has 0 bridgehead atoms. The number of fused-ring (bicyclic) bond motifs is 1. The number of aromatic carboxylic acids is 1. The van der Waals surface area contributed by atoms with Gasteiger partial charge in [-0.05, 0) is 36.2 Å². The van der Waals surface area contributed by atoms with E-state index in [2.05, 4.69) is 0 Å². The topological polar surface area (TPSA) is 91.8 Å². The van der Waals surface area contributed by atoms with Crippen LogP contribution in [0.2, 0.25) is 0 Å². The molecule has 1 N–H and O–H groups in total. The summed E-state index contributed by atoms with van der Waals surface area (Å²) >= 11 is 0. The van der Waals surface area contributed by atoms with Crippen LogP contribution in [0, 0.1) is 0 Å². The van der Waals surface area contributed by atoms with Crippen molar-refractivity contribution in [2.45, 2.75) is 12.2 Å². The Kier molecular flexibility index (Phi) is 5.27. The van der Waals surface area contributed by atoms with Gasteiger partial charge in [-0.2, -0.15) is 0 Å². The third kappa shape index (κ3) is 3.72. The highest BCUT2D eigenvalue weighted by Crippen LogP contribution is 2.22. The molecule has 2 amide bonds. The van der Waals surface area contributed by atoms with Gasteiger partial charge in [0.1, 0.15) is 0 Å². The summed E-state index contributed by atoms with van der Waals surface area (Å²) in [6.45, 7) is 0.216. The van der Waals surface area contributed by atoms with Crippen LogP contribution in [0.25, 0.3) is 0 Å². The van der Waals surface area contributed by atoms with Crippen molar-refractivity contribution in [2.24, 2.45) is 0 Å². The molecule has 3 rings (SSSR count). The fourth-order valence-corrected chi connectivity index (χ4v) is 4.02. The van der Waals surface area contributed by atoms with Gasteiger partial charge < -0.3 is 5.11 Å². The van der Waals surface area contributed by atoms with Crippen LogP contribution in [-0.4, -0.2) is 44.3 Å². The fraction of sp³-hybridized carbons (Fsp3) is 0.211. The summed E-state index contributed by atoms with van der Waals surface area (Å²) in [6.07, 6.45) is 0.427. The minimum atomic E-state index is -1.21. The molecule has 1 atom stereocenters. The lowest BCUT2D eigenvalue weighted by Crippen LogP contribution is -2.31. The highest BCUT2D eigenvalue weighted by atomic mass is 32.2. The van der Waals surface area contributed by atoms with Gasteiger partial charge in [-0.25, -0.2) is 4.79 Å². The standard InChI is InChI=1S/C19H17NO5S/c21-17-15-7-1-2-8-16(15)18(22)20(17)9-4-10-26(25)12-13-5-3-6-14(11-13)19(23)24/h1-3,5-8,11H,4,9-10,12H2,(H,23,24). The number of hydrogen-bond donors (Lipinski definition) is 1. The summed E-state index contributed by atoms with van der Waals surface area (Å²) in [5, 5.41) is 8.98. The number of imide groups is 1. The van der Waals surface area contributed by atoms with Crippen molar-refractivity contribution in [3.8, 4) is 0 Å². The van der Waals surface area contributed by atoms with Gasteiger partial charge in [-0.3, -0.25) is 18.7 Å². The first-order valence-electron chi connectivity index (χ1n) is 8.10. The predicted octanol–water partition coefficient (Wildman–Crippen LogP) is 2.32. The van der Waals surface area contributed by atoms with E-state index in [4.69, 9.17) is 5.11 Å². The summed E-state index contributed by atoms with van der Waals surface area (Å²) in [6, 6.07) is 13.0. The second kappa shape index (κ2) is 7.61. The summed E-state index contributed by atoms with van der Waals surface area (Å²) in [5.41, 5.74) is 1.66. The number of carbonyl (C=O) groups is 3. The largest absolute Gasteiger partial charge is 0.478 e. The van der Waals surface area contributed by atoms with E-state index in [0.717, 1.165) is 0 Å². The Morgan fingerprint density at radius 3 is 2.27 bits per heavy atom. The lowest BCUT2D eigenvalue weighted by atomic mass is 10.1. The van der Waals surface area contributed by atoms with Crippen LogP contribution >= 0.6 is 0 Å². The molecule has 2 aromatic rings. The molecule has 1 aliphatic rings. The lowest BCUT2D eigenvalue weighted by Gasteiger charge is -2.13. The van der Waals surface area contributed by atoms with Crippen LogP contribution < -0.4 is 0 Å². The number of benzene rings is 2. The van der Waals surface area contributed by atoms with Crippen molar-refractivity contribution < 1.29 is 23.7 Å². The van der Waals surface area contributed by atoms with Gasteiger partial charge in [0.05, 0.1) is 16.7 Å². The Bertz CT molecular complexity index is 873. The van der Waals surface area contributed by atoms with Crippen molar-refractivity contribution in [1.82, 2.24) is 4.90 Å². The van der Waals surface area contributed by atoms with Gasteiger partial charge in [0.15, 0.2) is 0 Å². The summed E-state index contributed by atoms with van der Waals surface area (Å²) in [5.74, 6) is -1.09. The average Bonchev–Trinajstić information content (AvgIpc) is 2.87. The second-order valence-corrected chi connectivity index (χ2v) is 7.53. The molecule has 2 aromatic carbocycles. The van der Waals surface area contributed by atoms with Gasteiger partial charge in [0, 0.05) is 28.9 Å². The third-order valence-electron chi connectivity index (χ3n) is 4.13. The van der Waals surface area contributed by atoms with E-state index in [1.54, 1.807) is 36.4 Å². The van der Waals surface area contributed by atoms with Crippen LogP contribution in [-0.2, 0) is 16.6 Å². The lowest BCUT2D eigenvalue weighted by molar-refractivity contribution is 0.0651. The molecule has 1 heterocycles. The number of amides is 2. The van der Waals surface area contributed by atoms with Crippen molar-refractivity contribution in [2.75, 3.05) is 12.3 Å². The van der Waals surface area contributed by atoms with Crippen molar-refractivity contribution in [1.29, 1.82) is 0 Å². The third-order valence-corrected chi connectivity index (χ3v) is 5.53. The number of hydrogen-bond acceptors (Lipinski definition) is 4. The van der Waals surface area contributed by atoms with Crippen molar-refractivity contribution in [3.05, 3.63) is 70.8 Å². The first-order valence-corrected chi connectivity index (χ1v) is 9.58. The van der Waals surface area contributed by atoms with Crippen molar-refractivity contribution in [3.63, 3.8) is 0 Å². The minimum absolute atomic E-state index is 0.158. The average molecular weight is 371 g/mol. The van der Waals surface area contributed by atoms with Gasteiger partial charge in [0.25, 0.3) is 11.8 Å². The maximum atomic E-state index is 12.2. The van der Waals surface area contributed by atoms with Crippen LogP contribution in [0.4, 0.5) is 0 Å². The van der Waals surface area contributed by atoms with E-state index in [0.29, 0.717) is 28.9 Å². The molecule has 0 spiro atoms. The molecule has 0 fully saturated rings. The predicted molar refractivity (Wildman–Crippen MR) is 96.5 cm³/mol. The van der Waals surface area contributed by atoms with E-state index < -0.39 is 16.8 Å². The van der Waals surface area contributed by atoms with Gasteiger partial charge in [0.2, 0.25) is 0 Å².